The van der Waals surface area contributed by atoms with Crippen molar-refractivity contribution in [3.05, 3.63) is 11.3 Å². The molecule has 0 atom stereocenters. The van der Waals surface area contributed by atoms with E-state index in [1.54, 1.807) is 6.92 Å². The molecule has 0 spiro atoms. The Kier molecular flexibility index (Phi) is 6.17. The van der Waals surface area contributed by atoms with Gasteiger partial charge in [-0.05, 0) is 26.2 Å². The molecular formula is C15H25N3O4S. The van der Waals surface area contributed by atoms with Crippen molar-refractivity contribution in [3.8, 4) is 0 Å². The number of carbonyl (C=O) groups excluding carboxylic acids is 1. The minimum Gasteiger partial charge on any atom is -0.462 e. The first-order chi connectivity index (χ1) is 11.0. The van der Waals surface area contributed by atoms with Crippen LogP contribution in [0.3, 0.4) is 0 Å². The van der Waals surface area contributed by atoms with Crippen LogP contribution in [-0.2, 0) is 21.2 Å². The van der Waals surface area contributed by atoms with Gasteiger partial charge in [0, 0.05) is 13.1 Å². The highest BCUT2D eigenvalue weighted by Gasteiger charge is 2.34. The fourth-order valence-electron chi connectivity index (χ4n) is 2.80. The van der Waals surface area contributed by atoms with E-state index >= 15 is 0 Å². The van der Waals surface area contributed by atoms with Crippen LogP contribution >= 0.6 is 0 Å². The normalized spacial score (nSPS) is 17.5. The first-order valence-corrected chi connectivity index (χ1v) is 9.70. The molecule has 0 unspecified atom stereocenters. The molecule has 2 rings (SSSR count). The van der Waals surface area contributed by atoms with E-state index in [4.69, 9.17) is 4.74 Å². The van der Waals surface area contributed by atoms with Crippen LogP contribution < -0.4 is 0 Å². The summed E-state index contributed by atoms with van der Waals surface area (Å²) >= 11 is 0. The molecule has 1 aliphatic heterocycles. The summed E-state index contributed by atoms with van der Waals surface area (Å²) in [5.41, 5.74) is 0.547. The molecule has 23 heavy (non-hydrogen) atoms. The number of nitrogens with one attached hydrogen (secondary N) is 1. The van der Waals surface area contributed by atoms with E-state index < -0.39 is 16.0 Å². The lowest BCUT2D eigenvalue weighted by Gasteiger charge is -2.23. The van der Waals surface area contributed by atoms with Crippen molar-refractivity contribution in [3.63, 3.8) is 0 Å². The van der Waals surface area contributed by atoms with Gasteiger partial charge in [-0.25, -0.2) is 13.2 Å². The molecular weight excluding hydrogens is 318 g/mol. The van der Waals surface area contributed by atoms with E-state index in [0.717, 1.165) is 32.1 Å². The molecule has 1 N–H and O–H groups in total. The molecule has 7 nitrogen and oxygen atoms in total. The first kappa shape index (κ1) is 17.9. The zero-order valence-electron chi connectivity index (χ0n) is 13.8. The largest absolute Gasteiger partial charge is 0.462 e. The van der Waals surface area contributed by atoms with Crippen molar-refractivity contribution in [1.82, 2.24) is 14.5 Å². The van der Waals surface area contributed by atoms with Crippen molar-refractivity contribution in [2.24, 2.45) is 0 Å². The topological polar surface area (TPSA) is 92.4 Å². The molecule has 1 aliphatic rings. The van der Waals surface area contributed by atoms with Gasteiger partial charge < -0.3 is 4.74 Å². The van der Waals surface area contributed by atoms with E-state index in [9.17, 15) is 13.2 Å². The molecule has 1 aromatic rings. The average molecular weight is 343 g/mol. The van der Waals surface area contributed by atoms with Gasteiger partial charge in [-0.15, -0.1) is 0 Å². The van der Waals surface area contributed by atoms with E-state index in [0.29, 0.717) is 25.2 Å². The number of hydrogen-bond acceptors (Lipinski definition) is 5. The lowest BCUT2D eigenvalue weighted by Crippen LogP contribution is -2.35. The van der Waals surface area contributed by atoms with Crippen LogP contribution in [0.5, 0.6) is 0 Å². The summed E-state index contributed by atoms with van der Waals surface area (Å²) in [7, 11) is -3.79. The van der Waals surface area contributed by atoms with Gasteiger partial charge in [0.2, 0.25) is 5.03 Å². The molecule has 0 saturated carbocycles. The number of esters is 1. The van der Waals surface area contributed by atoms with Crippen LogP contribution in [0.1, 0.15) is 62.0 Å². The third kappa shape index (κ3) is 3.92. The minimum absolute atomic E-state index is 0.0522. The number of aryl methyl sites for hydroxylation is 1. The van der Waals surface area contributed by atoms with Gasteiger partial charge in [-0.1, -0.05) is 26.2 Å². The zero-order valence-corrected chi connectivity index (χ0v) is 14.6. The molecule has 130 valence electrons. The smallest absolute Gasteiger partial charge is 0.343 e. The van der Waals surface area contributed by atoms with Gasteiger partial charge in [0.05, 0.1) is 12.3 Å². The lowest BCUT2D eigenvalue weighted by atomic mass is 10.1. The molecule has 1 fully saturated rings. The Hall–Kier alpha value is -1.41. The van der Waals surface area contributed by atoms with E-state index in [2.05, 4.69) is 10.2 Å². The monoisotopic (exact) mass is 343 g/mol. The van der Waals surface area contributed by atoms with Crippen molar-refractivity contribution >= 4 is 16.0 Å². The second-order valence-electron chi connectivity index (χ2n) is 5.63. The third-order valence-electron chi connectivity index (χ3n) is 4.04. The molecule has 0 bridgehead atoms. The van der Waals surface area contributed by atoms with Crippen LogP contribution in [0.15, 0.2) is 5.03 Å². The number of rotatable bonds is 5. The fraction of sp³-hybridized carbons (Fsp3) is 0.733. The number of aromatic amines is 1. The molecule has 0 aliphatic carbocycles. The molecule has 0 amide bonds. The molecule has 2 heterocycles. The third-order valence-corrected chi connectivity index (χ3v) is 5.87. The van der Waals surface area contributed by atoms with Gasteiger partial charge in [-0.2, -0.15) is 9.40 Å². The van der Waals surface area contributed by atoms with Gasteiger partial charge in [0.15, 0.2) is 0 Å². The number of H-pyrrole nitrogens is 1. The van der Waals surface area contributed by atoms with Gasteiger partial charge in [0.25, 0.3) is 10.0 Å². The SMILES string of the molecule is CCOC(=O)c1c(S(=O)(=O)N2CCCCCCC2)n[nH]c1CC. The summed E-state index contributed by atoms with van der Waals surface area (Å²) in [6, 6.07) is 0. The minimum atomic E-state index is -3.79. The molecule has 1 aromatic heterocycles. The molecule has 0 aromatic carbocycles. The van der Waals surface area contributed by atoms with Crippen molar-refractivity contribution in [2.75, 3.05) is 19.7 Å². The number of nitrogens with zero attached hydrogens (tertiary/aromatic N) is 2. The average Bonchev–Trinajstić information content (AvgIpc) is 2.91. The highest BCUT2D eigenvalue weighted by Crippen LogP contribution is 2.24. The molecule has 8 heteroatoms. The van der Waals surface area contributed by atoms with Crippen molar-refractivity contribution < 1.29 is 17.9 Å². The molecule has 1 saturated heterocycles. The maximum Gasteiger partial charge on any atom is 0.343 e. The maximum absolute atomic E-state index is 12.9. The quantitative estimate of drug-likeness (QED) is 0.827. The van der Waals surface area contributed by atoms with Crippen LogP contribution in [-0.4, -0.2) is 48.6 Å². The van der Waals surface area contributed by atoms with Gasteiger partial charge >= 0.3 is 5.97 Å². The lowest BCUT2D eigenvalue weighted by molar-refractivity contribution is 0.0520. The Morgan fingerprint density at radius 2 is 1.78 bits per heavy atom. The summed E-state index contributed by atoms with van der Waals surface area (Å²) in [4.78, 5) is 12.2. The number of hydrogen-bond donors (Lipinski definition) is 1. The molecule has 0 radical (unpaired) electrons. The van der Waals surface area contributed by atoms with Gasteiger partial charge in [-0.3, -0.25) is 5.10 Å². The summed E-state index contributed by atoms with van der Waals surface area (Å²) < 4.78 is 32.4. The Morgan fingerprint density at radius 3 is 2.35 bits per heavy atom. The van der Waals surface area contributed by atoms with Crippen LogP contribution in [0.4, 0.5) is 0 Å². The Morgan fingerprint density at radius 1 is 1.17 bits per heavy atom. The predicted molar refractivity (Wildman–Crippen MR) is 85.8 cm³/mol. The first-order valence-electron chi connectivity index (χ1n) is 8.26. The summed E-state index contributed by atoms with van der Waals surface area (Å²) in [6.45, 7) is 4.66. The second-order valence-corrected chi connectivity index (χ2v) is 7.48. The standard InChI is InChI=1S/C15H25N3O4S/c1-3-12-13(15(19)22-4-2)14(17-16-12)23(20,21)18-10-8-6-5-7-9-11-18/h3-11H2,1-2H3,(H,16,17). The zero-order chi connectivity index (χ0) is 16.9. The van der Waals surface area contributed by atoms with Crippen molar-refractivity contribution in [1.29, 1.82) is 0 Å². The second kappa shape index (κ2) is 7.92. The highest BCUT2D eigenvalue weighted by atomic mass is 32.2. The van der Waals surface area contributed by atoms with Crippen LogP contribution in [0.2, 0.25) is 0 Å². The number of aromatic nitrogens is 2. The highest BCUT2D eigenvalue weighted by molar-refractivity contribution is 7.89. The maximum atomic E-state index is 12.9. The van der Waals surface area contributed by atoms with Crippen LogP contribution in [0, 0.1) is 0 Å². The van der Waals surface area contributed by atoms with E-state index in [1.807, 2.05) is 6.92 Å². The number of carbonyl (C=O) groups is 1. The van der Waals surface area contributed by atoms with E-state index in [1.165, 1.54) is 4.31 Å². The van der Waals surface area contributed by atoms with Crippen LogP contribution in [0.25, 0.3) is 0 Å². The van der Waals surface area contributed by atoms with Gasteiger partial charge in [0.1, 0.15) is 5.56 Å². The Bertz CT molecular complexity index is 631. The summed E-state index contributed by atoms with van der Waals surface area (Å²) in [5.74, 6) is -0.635. The van der Waals surface area contributed by atoms with Crippen molar-refractivity contribution in [2.45, 2.75) is 57.4 Å². The number of sulfonamides is 1. The summed E-state index contributed by atoms with van der Waals surface area (Å²) in [6.07, 6.45) is 5.34. The summed E-state index contributed by atoms with van der Waals surface area (Å²) in [5, 5.41) is 6.42. The number of ether oxygens (including phenoxy) is 1. The van der Waals surface area contributed by atoms with E-state index in [-0.39, 0.29) is 17.2 Å². The predicted octanol–water partition coefficient (Wildman–Crippen LogP) is 2.10. The fourth-order valence-corrected chi connectivity index (χ4v) is 4.41. The Balaban J connectivity index is 2.38. The Labute approximate surface area is 137 Å².